The van der Waals surface area contributed by atoms with Crippen LogP contribution in [0.3, 0.4) is 0 Å². The first-order valence-corrected chi connectivity index (χ1v) is 6.03. The average Bonchev–Trinajstić information content (AvgIpc) is 2.73. The molecule has 2 aromatic rings. The van der Waals surface area contributed by atoms with Crippen LogP contribution < -0.4 is 5.73 Å². The third-order valence-corrected chi connectivity index (χ3v) is 3.10. The smallest absolute Gasteiger partial charge is 0.170 e. The first-order chi connectivity index (χ1) is 8.58. The molecule has 0 saturated carbocycles. The van der Waals surface area contributed by atoms with Gasteiger partial charge in [-0.3, -0.25) is 4.68 Å². The Hall–Kier alpha value is -2.02. The van der Waals surface area contributed by atoms with E-state index in [1.807, 2.05) is 20.2 Å². The van der Waals surface area contributed by atoms with Crippen molar-refractivity contribution in [3.05, 3.63) is 35.8 Å². The molecule has 0 aromatic carbocycles. The van der Waals surface area contributed by atoms with Gasteiger partial charge >= 0.3 is 0 Å². The Labute approximate surface area is 109 Å². The van der Waals surface area contributed by atoms with E-state index in [4.69, 9.17) is 10.9 Å². The molecule has 0 amide bonds. The van der Waals surface area contributed by atoms with E-state index in [9.17, 15) is 0 Å². The molecule has 18 heavy (non-hydrogen) atoms. The third-order valence-electron chi connectivity index (χ3n) is 2.24. The summed E-state index contributed by atoms with van der Waals surface area (Å²) in [5.74, 6) is 0.0773. The maximum absolute atomic E-state index is 8.69. The van der Waals surface area contributed by atoms with Crippen LogP contribution in [-0.2, 0) is 7.05 Å². The van der Waals surface area contributed by atoms with Gasteiger partial charge in [0, 0.05) is 24.5 Å². The lowest BCUT2D eigenvalue weighted by atomic mass is 10.2. The summed E-state index contributed by atoms with van der Waals surface area (Å²) in [5, 5.41) is 16.5. The standard InChI is InChI=1S/C11H13N5OS/c1-7-3-8(11(12)15-17)4-10(14-7)18-9-5-13-16(2)6-9/h3-6,17H,1-2H3,(H2,12,15). The Morgan fingerprint density at radius 3 is 2.89 bits per heavy atom. The summed E-state index contributed by atoms with van der Waals surface area (Å²) in [7, 11) is 1.86. The van der Waals surface area contributed by atoms with Crippen molar-refractivity contribution in [2.24, 2.45) is 17.9 Å². The number of amidine groups is 1. The van der Waals surface area contributed by atoms with Crippen molar-refractivity contribution in [2.75, 3.05) is 0 Å². The first kappa shape index (κ1) is 12.4. The van der Waals surface area contributed by atoms with E-state index in [2.05, 4.69) is 15.2 Å². The number of nitrogens with two attached hydrogens (primary N) is 1. The van der Waals surface area contributed by atoms with Gasteiger partial charge in [0.15, 0.2) is 5.84 Å². The van der Waals surface area contributed by atoms with Crippen molar-refractivity contribution < 1.29 is 5.21 Å². The maximum atomic E-state index is 8.69. The van der Waals surface area contributed by atoms with E-state index in [1.165, 1.54) is 11.8 Å². The largest absolute Gasteiger partial charge is 0.409 e. The molecule has 0 saturated heterocycles. The molecule has 0 spiro atoms. The molecular formula is C11H13N5OS. The SMILES string of the molecule is Cc1cc(/C(N)=N/O)cc(Sc2cnn(C)c2)n1. The molecule has 94 valence electrons. The number of oxime groups is 1. The summed E-state index contributed by atoms with van der Waals surface area (Å²) in [6, 6.07) is 3.54. The topological polar surface area (TPSA) is 89.3 Å². The fraction of sp³-hybridized carbons (Fsp3) is 0.182. The molecule has 3 N–H and O–H groups in total. The highest BCUT2D eigenvalue weighted by Gasteiger charge is 2.07. The van der Waals surface area contributed by atoms with Crippen molar-refractivity contribution in [2.45, 2.75) is 16.8 Å². The van der Waals surface area contributed by atoms with Crippen LogP contribution in [0.4, 0.5) is 0 Å². The summed E-state index contributed by atoms with van der Waals surface area (Å²) in [5.41, 5.74) is 7.04. The number of aromatic nitrogens is 3. The number of aryl methyl sites for hydroxylation is 2. The highest BCUT2D eigenvalue weighted by molar-refractivity contribution is 7.99. The van der Waals surface area contributed by atoms with Crippen molar-refractivity contribution in [3.63, 3.8) is 0 Å². The fourth-order valence-corrected chi connectivity index (χ4v) is 2.39. The normalized spacial score (nSPS) is 11.8. The van der Waals surface area contributed by atoms with E-state index < -0.39 is 0 Å². The molecule has 0 atom stereocenters. The van der Waals surface area contributed by atoms with Gasteiger partial charge in [0.1, 0.15) is 5.03 Å². The van der Waals surface area contributed by atoms with E-state index >= 15 is 0 Å². The lowest BCUT2D eigenvalue weighted by molar-refractivity contribution is 0.318. The predicted molar refractivity (Wildman–Crippen MR) is 68.8 cm³/mol. The van der Waals surface area contributed by atoms with Gasteiger partial charge in [-0.25, -0.2) is 4.98 Å². The van der Waals surface area contributed by atoms with Gasteiger partial charge in [-0.15, -0.1) is 0 Å². The molecule has 0 aliphatic rings. The second-order valence-electron chi connectivity index (χ2n) is 3.77. The molecule has 0 unspecified atom stereocenters. The second-order valence-corrected chi connectivity index (χ2v) is 4.87. The van der Waals surface area contributed by atoms with E-state index in [-0.39, 0.29) is 5.84 Å². The number of hydrogen-bond acceptors (Lipinski definition) is 5. The van der Waals surface area contributed by atoms with Crippen molar-refractivity contribution >= 4 is 17.6 Å². The van der Waals surface area contributed by atoms with Crippen LogP contribution in [0.1, 0.15) is 11.3 Å². The lowest BCUT2D eigenvalue weighted by Gasteiger charge is -2.04. The van der Waals surface area contributed by atoms with Crippen molar-refractivity contribution in [3.8, 4) is 0 Å². The van der Waals surface area contributed by atoms with Gasteiger partial charge in [-0.1, -0.05) is 16.9 Å². The van der Waals surface area contributed by atoms with Crippen LogP contribution in [0.5, 0.6) is 0 Å². The zero-order valence-corrected chi connectivity index (χ0v) is 10.8. The zero-order chi connectivity index (χ0) is 13.1. The minimum Gasteiger partial charge on any atom is -0.409 e. The minimum atomic E-state index is 0.0773. The Morgan fingerprint density at radius 1 is 1.50 bits per heavy atom. The van der Waals surface area contributed by atoms with Crippen LogP contribution in [-0.4, -0.2) is 25.8 Å². The zero-order valence-electron chi connectivity index (χ0n) is 10.0. The second kappa shape index (κ2) is 5.09. The summed E-state index contributed by atoms with van der Waals surface area (Å²) in [4.78, 5) is 5.38. The monoisotopic (exact) mass is 263 g/mol. The van der Waals surface area contributed by atoms with Crippen LogP contribution >= 0.6 is 11.8 Å². The van der Waals surface area contributed by atoms with Gasteiger partial charge < -0.3 is 10.9 Å². The molecule has 0 fully saturated rings. The van der Waals surface area contributed by atoms with Gasteiger partial charge in [0.2, 0.25) is 0 Å². The third kappa shape index (κ3) is 2.80. The maximum Gasteiger partial charge on any atom is 0.170 e. The summed E-state index contributed by atoms with van der Waals surface area (Å²) in [6.45, 7) is 1.86. The van der Waals surface area contributed by atoms with Crippen LogP contribution in [0.25, 0.3) is 0 Å². The number of nitrogens with zero attached hydrogens (tertiary/aromatic N) is 4. The summed E-state index contributed by atoms with van der Waals surface area (Å²) in [6.07, 6.45) is 3.66. The number of hydrogen-bond donors (Lipinski definition) is 2. The summed E-state index contributed by atoms with van der Waals surface area (Å²) < 4.78 is 1.72. The Kier molecular flexibility index (Phi) is 3.52. The molecule has 2 rings (SSSR count). The molecular weight excluding hydrogens is 250 g/mol. The highest BCUT2D eigenvalue weighted by atomic mass is 32.2. The molecule has 0 aliphatic carbocycles. The van der Waals surface area contributed by atoms with Crippen molar-refractivity contribution in [1.82, 2.24) is 14.8 Å². The molecule has 2 aromatic heterocycles. The molecule has 6 nitrogen and oxygen atoms in total. The first-order valence-electron chi connectivity index (χ1n) is 5.21. The summed E-state index contributed by atoms with van der Waals surface area (Å²) >= 11 is 1.48. The molecule has 0 bridgehead atoms. The van der Waals surface area contributed by atoms with E-state index in [0.29, 0.717) is 5.56 Å². The van der Waals surface area contributed by atoms with Crippen LogP contribution in [0.2, 0.25) is 0 Å². The van der Waals surface area contributed by atoms with Crippen molar-refractivity contribution in [1.29, 1.82) is 0 Å². The minimum absolute atomic E-state index is 0.0773. The van der Waals surface area contributed by atoms with Gasteiger partial charge in [0.05, 0.1) is 11.1 Å². The van der Waals surface area contributed by atoms with E-state index in [0.717, 1.165) is 15.6 Å². The predicted octanol–water partition coefficient (Wildman–Crippen LogP) is 1.37. The van der Waals surface area contributed by atoms with Crippen LogP contribution in [0, 0.1) is 6.92 Å². The average molecular weight is 263 g/mol. The molecule has 0 radical (unpaired) electrons. The van der Waals surface area contributed by atoms with E-state index in [1.54, 1.807) is 23.0 Å². The highest BCUT2D eigenvalue weighted by Crippen LogP contribution is 2.26. The van der Waals surface area contributed by atoms with Gasteiger partial charge in [-0.2, -0.15) is 5.10 Å². The van der Waals surface area contributed by atoms with Gasteiger partial charge in [0.25, 0.3) is 0 Å². The number of rotatable bonds is 3. The van der Waals surface area contributed by atoms with Gasteiger partial charge in [-0.05, 0) is 19.1 Å². The van der Waals surface area contributed by atoms with Crippen LogP contribution in [0.15, 0.2) is 39.6 Å². The Bertz CT molecular complexity index is 593. The lowest BCUT2D eigenvalue weighted by Crippen LogP contribution is -2.13. The molecule has 0 aliphatic heterocycles. The fourth-order valence-electron chi connectivity index (χ4n) is 1.47. The Morgan fingerprint density at radius 2 is 2.28 bits per heavy atom. The number of pyridine rings is 1. The molecule has 2 heterocycles. The Balaban J connectivity index is 2.31. The quantitative estimate of drug-likeness (QED) is 0.378. The molecule has 7 heteroatoms.